The van der Waals surface area contributed by atoms with E-state index in [1.807, 2.05) is 0 Å². The van der Waals surface area contributed by atoms with Gasteiger partial charge in [0.1, 0.15) is 11.6 Å². The molecule has 6 heteroatoms. The van der Waals surface area contributed by atoms with Crippen molar-refractivity contribution in [1.82, 2.24) is 4.98 Å². The van der Waals surface area contributed by atoms with Crippen LogP contribution in [0.2, 0.25) is 10.0 Å². The van der Waals surface area contributed by atoms with Gasteiger partial charge in [-0.15, -0.1) is 0 Å². The van der Waals surface area contributed by atoms with E-state index in [2.05, 4.69) is 23.7 Å². The number of halogens is 3. The Labute approximate surface area is 156 Å². The topological polar surface area (TPSA) is 29.3 Å². The molecule has 0 spiro atoms. The molecule has 130 valence electrons. The molecular weight excluding hydrogens is 362 g/mol. The van der Waals surface area contributed by atoms with E-state index < -0.39 is 0 Å². The Balaban J connectivity index is 1.84. The van der Waals surface area contributed by atoms with Crippen LogP contribution in [0, 0.1) is 5.82 Å². The first-order valence-corrected chi connectivity index (χ1v) is 8.62. The number of hydrogen-bond acceptors (Lipinski definition) is 3. The van der Waals surface area contributed by atoms with Crippen molar-refractivity contribution in [3.8, 4) is 11.5 Å². The maximum absolute atomic E-state index is 13.2. The zero-order valence-corrected chi connectivity index (χ0v) is 15.4. The molecule has 0 N–H and O–H groups in total. The van der Waals surface area contributed by atoms with Gasteiger partial charge in [0.2, 0.25) is 5.89 Å². The van der Waals surface area contributed by atoms with Gasteiger partial charge < -0.3 is 9.32 Å². The van der Waals surface area contributed by atoms with Gasteiger partial charge in [0.15, 0.2) is 0 Å². The van der Waals surface area contributed by atoms with E-state index in [9.17, 15) is 4.39 Å². The summed E-state index contributed by atoms with van der Waals surface area (Å²) in [4.78, 5) is 6.42. The number of aromatic nitrogens is 1. The van der Waals surface area contributed by atoms with Gasteiger partial charge in [-0.2, -0.15) is 0 Å². The van der Waals surface area contributed by atoms with Gasteiger partial charge >= 0.3 is 0 Å². The number of benzene rings is 2. The van der Waals surface area contributed by atoms with Gasteiger partial charge in [0.25, 0.3) is 0 Å². The molecule has 3 aromatic rings. The first kappa shape index (κ1) is 17.8. The number of hydrogen-bond donors (Lipinski definition) is 0. The summed E-state index contributed by atoms with van der Waals surface area (Å²) in [5.74, 6) is 0.880. The molecule has 3 nitrogen and oxygen atoms in total. The minimum absolute atomic E-state index is 0.207. The molecule has 0 aliphatic heterocycles. The second-order valence-electron chi connectivity index (χ2n) is 5.95. The Morgan fingerprint density at radius 1 is 1.12 bits per heavy atom. The SMILES string of the molecule is CC(C)N(Cc1cnc(-c2ccc(Cl)cc2Cl)o1)c1ccc(F)cc1. The largest absolute Gasteiger partial charge is 0.439 e. The highest BCUT2D eigenvalue weighted by Gasteiger charge is 2.16. The van der Waals surface area contributed by atoms with Crippen LogP contribution in [0.25, 0.3) is 11.5 Å². The van der Waals surface area contributed by atoms with Crippen molar-refractivity contribution in [3.63, 3.8) is 0 Å². The number of anilines is 1. The summed E-state index contributed by atoms with van der Waals surface area (Å²) in [6, 6.07) is 11.8. The molecule has 1 heterocycles. The van der Waals surface area contributed by atoms with Gasteiger partial charge in [-0.05, 0) is 56.3 Å². The fraction of sp³-hybridized carbons (Fsp3) is 0.211. The van der Waals surface area contributed by atoms with Gasteiger partial charge in [0.05, 0.1) is 23.3 Å². The molecule has 25 heavy (non-hydrogen) atoms. The standard InChI is InChI=1S/C19H17Cl2FN2O/c1-12(2)24(15-6-4-14(22)5-7-15)11-16-10-23-19(25-16)17-8-3-13(20)9-18(17)21/h3-10,12H,11H2,1-2H3. The zero-order valence-electron chi connectivity index (χ0n) is 13.8. The lowest BCUT2D eigenvalue weighted by atomic mass is 10.2. The lowest BCUT2D eigenvalue weighted by molar-refractivity contribution is 0.500. The molecule has 0 atom stereocenters. The minimum Gasteiger partial charge on any atom is -0.439 e. The van der Waals surface area contributed by atoms with Crippen LogP contribution in [-0.4, -0.2) is 11.0 Å². The molecule has 0 saturated heterocycles. The maximum Gasteiger partial charge on any atom is 0.227 e. The second kappa shape index (κ2) is 7.46. The van der Waals surface area contributed by atoms with Crippen LogP contribution in [0.15, 0.2) is 53.1 Å². The molecule has 0 bridgehead atoms. The lowest BCUT2D eigenvalue weighted by Gasteiger charge is -2.28. The summed E-state index contributed by atoms with van der Waals surface area (Å²) in [7, 11) is 0. The molecular formula is C19H17Cl2FN2O. The Kier molecular flexibility index (Phi) is 5.30. The Morgan fingerprint density at radius 3 is 2.48 bits per heavy atom. The van der Waals surface area contributed by atoms with Gasteiger partial charge in [-0.25, -0.2) is 9.37 Å². The third-order valence-electron chi connectivity index (χ3n) is 3.82. The quantitative estimate of drug-likeness (QED) is 0.528. The molecule has 1 aromatic heterocycles. The average molecular weight is 379 g/mol. The minimum atomic E-state index is -0.258. The predicted molar refractivity (Wildman–Crippen MR) is 99.7 cm³/mol. The van der Waals surface area contributed by atoms with Crippen molar-refractivity contribution < 1.29 is 8.81 Å². The van der Waals surface area contributed by atoms with E-state index >= 15 is 0 Å². The van der Waals surface area contributed by atoms with E-state index in [1.165, 1.54) is 12.1 Å². The van der Waals surface area contributed by atoms with Crippen LogP contribution in [0.3, 0.4) is 0 Å². The maximum atomic E-state index is 13.2. The third-order valence-corrected chi connectivity index (χ3v) is 4.37. The molecule has 0 aliphatic carbocycles. The molecule has 0 unspecified atom stereocenters. The highest BCUT2D eigenvalue weighted by Crippen LogP contribution is 2.30. The summed E-state index contributed by atoms with van der Waals surface area (Å²) in [6.07, 6.45) is 1.68. The van der Waals surface area contributed by atoms with E-state index in [-0.39, 0.29) is 11.9 Å². The second-order valence-corrected chi connectivity index (χ2v) is 6.80. The number of nitrogens with zero attached hydrogens (tertiary/aromatic N) is 2. The van der Waals surface area contributed by atoms with Crippen LogP contribution in [-0.2, 0) is 6.54 Å². The Hall–Kier alpha value is -2.04. The Morgan fingerprint density at radius 2 is 1.84 bits per heavy atom. The molecule has 0 aliphatic rings. The third kappa shape index (κ3) is 4.14. The predicted octanol–water partition coefficient (Wildman–Crippen LogP) is 6.20. The van der Waals surface area contributed by atoms with Crippen molar-refractivity contribution in [1.29, 1.82) is 0 Å². The summed E-state index contributed by atoms with van der Waals surface area (Å²) in [6.45, 7) is 4.65. The molecule has 3 rings (SSSR count). The zero-order chi connectivity index (χ0) is 18.0. The highest BCUT2D eigenvalue weighted by atomic mass is 35.5. The first-order valence-electron chi connectivity index (χ1n) is 7.86. The highest BCUT2D eigenvalue weighted by molar-refractivity contribution is 6.36. The van der Waals surface area contributed by atoms with E-state index in [0.29, 0.717) is 33.8 Å². The van der Waals surface area contributed by atoms with E-state index in [4.69, 9.17) is 27.6 Å². The summed E-state index contributed by atoms with van der Waals surface area (Å²) in [5, 5.41) is 1.04. The van der Waals surface area contributed by atoms with Crippen molar-refractivity contribution in [2.75, 3.05) is 4.90 Å². The van der Waals surface area contributed by atoms with Gasteiger partial charge in [-0.3, -0.25) is 0 Å². The molecule has 0 amide bonds. The van der Waals surface area contributed by atoms with Gasteiger partial charge in [0, 0.05) is 16.8 Å². The molecule has 0 saturated carbocycles. The molecule has 0 radical (unpaired) electrons. The van der Waals surface area contributed by atoms with Crippen LogP contribution in [0.1, 0.15) is 19.6 Å². The first-order chi connectivity index (χ1) is 11.9. The van der Waals surface area contributed by atoms with E-state index in [0.717, 1.165) is 5.69 Å². The lowest BCUT2D eigenvalue weighted by Crippen LogP contribution is -2.29. The summed E-state index contributed by atoms with van der Waals surface area (Å²) < 4.78 is 19.0. The number of rotatable bonds is 5. The normalized spacial score (nSPS) is 11.1. The Bertz CT molecular complexity index is 862. The fourth-order valence-electron chi connectivity index (χ4n) is 2.54. The van der Waals surface area contributed by atoms with Crippen LogP contribution < -0.4 is 4.90 Å². The summed E-state index contributed by atoms with van der Waals surface area (Å²) >= 11 is 12.1. The van der Waals surface area contributed by atoms with Crippen LogP contribution in [0.4, 0.5) is 10.1 Å². The molecule has 2 aromatic carbocycles. The van der Waals surface area contributed by atoms with Gasteiger partial charge in [-0.1, -0.05) is 23.2 Å². The van der Waals surface area contributed by atoms with Crippen LogP contribution >= 0.6 is 23.2 Å². The fourth-order valence-corrected chi connectivity index (χ4v) is 3.03. The van der Waals surface area contributed by atoms with Crippen molar-refractivity contribution in [3.05, 3.63) is 70.3 Å². The van der Waals surface area contributed by atoms with Crippen molar-refractivity contribution >= 4 is 28.9 Å². The van der Waals surface area contributed by atoms with E-state index in [1.54, 1.807) is 36.5 Å². The smallest absolute Gasteiger partial charge is 0.227 e. The number of oxazole rings is 1. The summed E-state index contributed by atoms with van der Waals surface area (Å²) in [5.41, 5.74) is 1.61. The monoisotopic (exact) mass is 378 g/mol. The van der Waals surface area contributed by atoms with Crippen molar-refractivity contribution in [2.45, 2.75) is 26.4 Å². The van der Waals surface area contributed by atoms with Crippen LogP contribution in [0.5, 0.6) is 0 Å². The molecule has 0 fully saturated rings. The average Bonchev–Trinajstić information content (AvgIpc) is 3.02. The van der Waals surface area contributed by atoms with Crippen molar-refractivity contribution in [2.24, 2.45) is 0 Å².